The maximum atomic E-state index is 12.2. The van der Waals surface area contributed by atoms with E-state index in [9.17, 15) is 9.59 Å². The minimum atomic E-state index is -0.545. The zero-order valence-corrected chi connectivity index (χ0v) is 17.9. The van der Waals surface area contributed by atoms with Crippen LogP contribution in [-0.4, -0.2) is 79.0 Å². The third kappa shape index (κ3) is 8.70. The molecule has 1 aromatic carbocycles. The molecule has 0 N–H and O–H groups in total. The molecule has 1 aliphatic rings. The van der Waals surface area contributed by atoms with E-state index in [2.05, 4.69) is 4.90 Å². The van der Waals surface area contributed by atoms with Gasteiger partial charge < -0.3 is 14.4 Å². The van der Waals surface area contributed by atoms with Crippen LogP contribution >= 0.6 is 0 Å². The van der Waals surface area contributed by atoms with Crippen LogP contribution in [0.15, 0.2) is 30.3 Å². The number of hydroxylamine groups is 2. The van der Waals surface area contributed by atoms with Gasteiger partial charge in [0.1, 0.15) is 12.2 Å². The van der Waals surface area contributed by atoms with Crippen LogP contribution in [0.2, 0.25) is 0 Å². The van der Waals surface area contributed by atoms with Gasteiger partial charge >= 0.3 is 12.2 Å². The molecule has 29 heavy (non-hydrogen) atoms. The Hall–Kier alpha value is -2.32. The maximum absolute atomic E-state index is 12.2. The molecule has 0 aliphatic carbocycles. The minimum Gasteiger partial charge on any atom is -0.445 e. The summed E-state index contributed by atoms with van der Waals surface area (Å²) >= 11 is 0. The fraction of sp³-hybridized carbons (Fsp3) is 0.619. The average molecular weight is 408 g/mol. The Bertz CT molecular complexity index is 639. The third-order valence-corrected chi connectivity index (χ3v) is 4.39. The van der Waals surface area contributed by atoms with Crippen molar-refractivity contribution in [2.45, 2.75) is 39.4 Å². The largest absolute Gasteiger partial charge is 0.445 e. The highest BCUT2D eigenvalue weighted by Crippen LogP contribution is 2.10. The molecule has 8 heteroatoms. The lowest BCUT2D eigenvalue weighted by Crippen LogP contribution is -2.49. The lowest BCUT2D eigenvalue weighted by Gasteiger charge is -2.34. The molecule has 0 unspecified atom stereocenters. The van der Waals surface area contributed by atoms with E-state index in [4.69, 9.17) is 14.3 Å². The highest BCUT2D eigenvalue weighted by Gasteiger charge is 2.22. The summed E-state index contributed by atoms with van der Waals surface area (Å²) < 4.78 is 10.6. The second kappa shape index (κ2) is 11.0. The number of carbonyl (C=O) groups is 2. The Balaban J connectivity index is 1.57. The molecule has 0 spiro atoms. The molecule has 0 aromatic heterocycles. The second-order valence-electron chi connectivity index (χ2n) is 8.03. The summed E-state index contributed by atoms with van der Waals surface area (Å²) in [4.78, 5) is 33.4. The smallest absolute Gasteiger partial charge is 0.434 e. The predicted octanol–water partition coefficient (Wildman–Crippen LogP) is 3.13. The van der Waals surface area contributed by atoms with Gasteiger partial charge in [0.05, 0.1) is 6.61 Å². The summed E-state index contributed by atoms with van der Waals surface area (Å²) in [5, 5.41) is 1.13. The Kier molecular flexibility index (Phi) is 8.72. The van der Waals surface area contributed by atoms with E-state index in [-0.39, 0.29) is 6.09 Å². The van der Waals surface area contributed by atoms with Gasteiger partial charge in [0.25, 0.3) is 0 Å². The van der Waals surface area contributed by atoms with E-state index < -0.39 is 11.7 Å². The van der Waals surface area contributed by atoms with Crippen LogP contribution < -0.4 is 0 Å². The molecule has 1 aromatic rings. The van der Waals surface area contributed by atoms with E-state index in [0.29, 0.717) is 26.3 Å². The first-order valence-electron chi connectivity index (χ1n) is 10.0. The standard InChI is InChI=1S/C21H33N3O5/c1-21(2,3)29-19(25)22(4)28-16-8-11-23-12-14-24(15-13-23)20(26)27-17-18-9-6-5-7-10-18/h5-7,9-10H,8,11-17H2,1-4H3. The average Bonchev–Trinajstić information content (AvgIpc) is 2.69. The molecule has 0 saturated carbocycles. The number of nitrogens with zero attached hydrogens (tertiary/aromatic N) is 3. The SMILES string of the molecule is CN(OCCCN1CCN(C(=O)OCc2ccccc2)CC1)C(=O)OC(C)(C)C. The van der Waals surface area contributed by atoms with E-state index >= 15 is 0 Å². The summed E-state index contributed by atoms with van der Waals surface area (Å²) in [5.41, 5.74) is 0.437. The molecule has 1 heterocycles. The number of benzene rings is 1. The molecule has 0 radical (unpaired) electrons. The van der Waals surface area contributed by atoms with Crippen LogP contribution in [0.1, 0.15) is 32.8 Å². The zero-order chi connectivity index (χ0) is 21.3. The van der Waals surface area contributed by atoms with Crippen molar-refractivity contribution in [3.05, 3.63) is 35.9 Å². The first kappa shape index (κ1) is 23.0. The molecule has 0 atom stereocenters. The Morgan fingerprint density at radius 2 is 1.72 bits per heavy atom. The fourth-order valence-electron chi connectivity index (χ4n) is 2.83. The molecule has 2 rings (SSSR count). The van der Waals surface area contributed by atoms with Gasteiger partial charge in [-0.1, -0.05) is 30.3 Å². The lowest BCUT2D eigenvalue weighted by atomic mass is 10.2. The van der Waals surface area contributed by atoms with Crippen LogP contribution in [0, 0.1) is 0 Å². The molecule has 1 fully saturated rings. The number of carbonyl (C=O) groups excluding carboxylic acids is 2. The van der Waals surface area contributed by atoms with Gasteiger partial charge in [-0.15, -0.1) is 0 Å². The topological polar surface area (TPSA) is 71.5 Å². The van der Waals surface area contributed by atoms with Crippen LogP contribution in [0.4, 0.5) is 9.59 Å². The summed E-state index contributed by atoms with van der Waals surface area (Å²) in [5.74, 6) is 0. The maximum Gasteiger partial charge on any atom is 0.434 e. The van der Waals surface area contributed by atoms with E-state index in [0.717, 1.165) is 36.7 Å². The van der Waals surface area contributed by atoms with Crippen LogP contribution in [0.5, 0.6) is 0 Å². The van der Waals surface area contributed by atoms with E-state index in [1.54, 1.807) is 11.9 Å². The van der Waals surface area contributed by atoms with Gasteiger partial charge in [-0.05, 0) is 32.8 Å². The van der Waals surface area contributed by atoms with Gasteiger partial charge in [-0.3, -0.25) is 9.74 Å². The van der Waals surface area contributed by atoms with Gasteiger partial charge in [0.2, 0.25) is 0 Å². The van der Waals surface area contributed by atoms with Crippen molar-refractivity contribution in [3.8, 4) is 0 Å². The van der Waals surface area contributed by atoms with Crippen molar-refractivity contribution in [1.82, 2.24) is 14.9 Å². The van der Waals surface area contributed by atoms with Gasteiger partial charge in [0, 0.05) is 39.8 Å². The third-order valence-electron chi connectivity index (χ3n) is 4.39. The minimum absolute atomic E-state index is 0.268. The normalized spacial score (nSPS) is 15.1. The summed E-state index contributed by atoms with van der Waals surface area (Å²) in [6.07, 6.45) is 0.0157. The first-order chi connectivity index (χ1) is 13.7. The van der Waals surface area contributed by atoms with Crippen molar-refractivity contribution in [2.75, 3.05) is 46.4 Å². The summed E-state index contributed by atoms with van der Waals surface area (Å²) in [7, 11) is 1.55. The fourth-order valence-corrected chi connectivity index (χ4v) is 2.83. The Labute approximate surface area is 173 Å². The molecular weight excluding hydrogens is 374 g/mol. The monoisotopic (exact) mass is 407 g/mol. The predicted molar refractivity (Wildman–Crippen MR) is 109 cm³/mol. The number of hydrogen-bond donors (Lipinski definition) is 0. The quantitative estimate of drug-likeness (QED) is 0.511. The van der Waals surface area contributed by atoms with E-state index in [1.165, 1.54) is 0 Å². The van der Waals surface area contributed by atoms with Crippen LogP contribution in [0.25, 0.3) is 0 Å². The first-order valence-corrected chi connectivity index (χ1v) is 10.0. The van der Waals surface area contributed by atoms with Crippen molar-refractivity contribution in [3.63, 3.8) is 0 Å². The zero-order valence-electron chi connectivity index (χ0n) is 17.9. The molecule has 162 valence electrons. The van der Waals surface area contributed by atoms with Crippen molar-refractivity contribution in [2.24, 2.45) is 0 Å². The van der Waals surface area contributed by atoms with Gasteiger partial charge in [0.15, 0.2) is 0 Å². The van der Waals surface area contributed by atoms with Crippen LogP contribution in [-0.2, 0) is 20.9 Å². The van der Waals surface area contributed by atoms with E-state index in [1.807, 2.05) is 51.1 Å². The molecular formula is C21H33N3O5. The Morgan fingerprint density at radius 3 is 2.34 bits per heavy atom. The van der Waals surface area contributed by atoms with Gasteiger partial charge in [-0.25, -0.2) is 9.59 Å². The van der Waals surface area contributed by atoms with Crippen molar-refractivity contribution < 1.29 is 23.9 Å². The summed E-state index contributed by atoms with van der Waals surface area (Å²) in [6.45, 7) is 9.89. The highest BCUT2D eigenvalue weighted by molar-refractivity contribution is 5.67. The number of piperazine rings is 1. The van der Waals surface area contributed by atoms with Crippen molar-refractivity contribution in [1.29, 1.82) is 0 Å². The Morgan fingerprint density at radius 1 is 1.07 bits per heavy atom. The molecule has 1 aliphatic heterocycles. The molecule has 2 amide bonds. The second-order valence-corrected chi connectivity index (χ2v) is 8.03. The number of rotatable bonds is 7. The molecule has 1 saturated heterocycles. The molecule has 0 bridgehead atoms. The number of amides is 2. The molecule has 8 nitrogen and oxygen atoms in total. The summed E-state index contributed by atoms with van der Waals surface area (Å²) in [6, 6.07) is 9.67. The van der Waals surface area contributed by atoms with Gasteiger partial charge in [-0.2, -0.15) is 5.06 Å². The number of ether oxygens (including phenoxy) is 2. The van der Waals surface area contributed by atoms with Crippen molar-refractivity contribution >= 4 is 12.2 Å². The van der Waals surface area contributed by atoms with Crippen LogP contribution in [0.3, 0.4) is 0 Å². The highest BCUT2D eigenvalue weighted by atomic mass is 16.7. The number of hydrogen-bond acceptors (Lipinski definition) is 6. The lowest BCUT2D eigenvalue weighted by molar-refractivity contribution is -0.132.